The largest absolute Gasteiger partial charge is 0.493 e. The number of carbonyl (C=O) groups excluding carboxylic acids is 1. The molecule has 1 heterocycles. The molecule has 0 aliphatic carbocycles. The molecule has 0 fully saturated rings. The van der Waals surface area contributed by atoms with Crippen LogP contribution in [0.5, 0.6) is 17.2 Å². The molecule has 2 N–H and O–H groups in total. The summed E-state index contributed by atoms with van der Waals surface area (Å²) in [5.74, 6) is 2.38. The van der Waals surface area contributed by atoms with Crippen LogP contribution in [0.25, 0.3) is 0 Å². The molecule has 3 rings (SSSR count). The maximum absolute atomic E-state index is 11.9. The summed E-state index contributed by atoms with van der Waals surface area (Å²) >= 11 is 0. The smallest absolute Gasteiger partial charge is 0.315 e. The number of hydrogen-bond acceptors (Lipinski definition) is 4. The Morgan fingerprint density at radius 3 is 2.65 bits per heavy atom. The number of benzene rings is 2. The van der Waals surface area contributed by atoms with Gasteiger partial charge in [0.05, 0.1) is 6.61 Å². The minimum atomic E-state index is -0.199. The highest BCUT2D eigenvalue weighted by Gasteiger charge is 2.13. The zero-order valence-corrected chi connectivity index (χ0v) is 15.1. The lowest BCUT2D eigenvalue weighted by Gasteiger charge is -2.12. The Balaban J connectivity index is 1.33. The monoisotopic (exact) mass is 356 g/mol. The van der Waals surface area contributed by atoms with Crippen LogP contribution in [0, 0.1) is 13.8 Å². The van der Waals surface area contributed by atoms with Crippen LogP contribution in [-0.4, -0.2) is 26.0 Å². The second-order valence-electron chi connectivity index (χ2n) is 6.22. The molecule has 0 saturated heterocycles. The Morgan fingerprint density at radius 2 is 1.85 bits per heavy atom. The van der Waals surface area contributed by atoms with E-state index in [0.29, 0.717) is 25.4 Å². The van der Waals surface area contributed by atoms with E-state index < -0.39 is 0 Å². The van der Waals surface area contributed by atoms with Gasteiger partial charge in [-0.3, -0.25) is 0 Å². The number of hydrogen-bond donors (Lipinski definition) is 2. The van der Waals surface area contributed by atoms with E-state index in [1.807, 2.05) is 50.2 Å². The SMILES string of the molecule is Cc1cccc(C)c1OCCCNC(=O)NCc1ccc2c(c1)OCO2. The number of rotatable bonds is 7. The van der Waals surface area contributed by atoms with Crippen LogP contribution in [0.15, 0.2) is 36.4 Å². The van der Waals surface area contributed by atoms with Crippen molar-refractivity contribution >= 4 is 6.03 Å². The molecular formula is C20H24N2O4. The predicted octanol–water partition coefficient (Wildman–Crippen LogP) is 3.30. The first kappa shape index (κ1) is 17.9. The maximum Gasteiger partial charge on any atom is 0.315 e. The number of fused-ring (bicyclic) bond motifs is 1. The zero-order valence-electron chi connectivity index (χ0n) is 15.1. The van der Waals surface area contributed by atoms with Crippen molar-refractivity contribution < 1.29 is 19.0 Å². The number of amides is 2. The number of urea groups is 1. The normalized spacial score (nSPS) is 11.9. The van der Waals surface area contributed by atoms with Crippen LogP contribution < -0.4 is 24.8 Å². The molecule has 0 saturated carbocycles. The van der Waals surface area contributed by atoms with Gasteiger partial charge in [-0.25, -0.2) is 4.79 Å². The Labute approximate surface area is 153 Å². The van der Waals surface area contributed by atoms with Gasteiger partial charge in [-0.15, -0.1) is 0 Å². The molecular weight excluding hydrogens is 332 g/mol. The van der Waals surface area contributed by atoms with Gasteiger partial charge in [-0.1, -0.05) is 24.3 Å². The van der Waals surface area contributed by atoms with Crippen molar-refractivity contribution in [2.45, 2.75) is 26.8 Å². The second kappa shape index (κ2) is 8.47. The first-order chi connectivity index (χ1) is 12.6. The molecule has 1 aliphatic rings. The summed E-state index contributed by atoms with van der Waals surface area (Å²) < 4.78 is 16.4. The van der Waals surface area contributed by atoms with Crippen molar-refractivity contribution in [3.8, 4) is 17.2 Å². The van der Waals surface area contributed by atoms with Crippen LogP contribution >= 0.6 is 0 Å². The maximum atomic E-state index is 11.9. The number of nitrogens with one attached hydrogen (secondary N) is 2. The van der Waals surface area contributed by atoms with Crippen molar-refractivity contribution in [2.24, 2.45) is 0 Å². The van der Waals surface area contributed by atoms with Crippen LogP contribution in [0.1, 0.15) is 23.1 Å². The Bertz CT molecular complexity index is 756. The molecule has 2 aromatic rings. The van der Waals surface area contributed by atoms with Gasteiger partial charge in [0.25, 0.3) is 0 Å². The summed E-state index contributed by atoms with van der Waals surface area (Å²) in [4.78, 5) is 11.9. The minimum Gasteiger partial charge on any atom is -0.493 e. The van der Waals surface area contributed by atoms with Crippen molar-refractivity contribution in [1.29, 1.82) is 0 Å². The van der Waals surface area contributed by atoms with Crippen molar-refractivity contribution in [2.75, 3.05) is 19.9 Å². The fourth-order valence-electron chi connectivity index (χ4n) is 2.77. The summed E-state index contributed by atoms with van der Waals surface area (Å²) in [7, 11) is 0. The van der Waals surface area contributed by atoms with Gasteiger partial charge >= 0.3 is 6.03 Å². The lowest BCUT2D eigenvalue weighted by atomic mass is 10.1. The highest BCUT2D eigenvalue weighted by atomic mass is 16.7. The minimum absolute atomic E-state index is 0.199. The van der Waals surface area contributed by atoms with Crippen LogP contribution in [-0.2, 0) is 6.54 Å². The van der Waals surface area contributed by atoms with E-state index in [4.69, 9.17) is 14.2 Å². The lowest BCUT2D eigenvalue weighted by Crippen LogP contribution is -2.36. The molecule has 1 aliphatic heterocycles. The Morgan fingerprint density at radius 1 is 1.08 bits per heavy atom. The molecule has 0 aromatic heterocycles. The van der Waals surface area contributed by atoms with E-state index in [0.717, 1.165) is 34.6 Å². The highest BCUT2D eigenvalue weighted by molar-refractivity contribution is 5.73. The van der Waals surface area contributed by atoms with E-state index in [1.165, 1.54) is 0 Å². The van der Waals surface area contributed by atoms with Crippen LogP contribution in [0.3, 0.4) is 0 Å². The first-order valence-electron chi connectivity index (χ1n) is 8.73. The zero-order chi connectivity index (χ0) is 18.4. The van der Waals surface area contributed by atoms with Crippen molar-refractivity contribution in [3.63, 3.8) is 0 Å². The third-order valence-corrected chi connectivity index (χ3v) is 4.15. The van der Waals surface area contributed by atoms with E-state index in [1.54, 1.807) is 0 Å². The summed E-state index contributed by atoms with van der Waals surface area (Å²) in [6, 6.07) is 11.5. The lowest BCUT2D eigenvalue weighted by molar-refractivity contribution is 0.174. The van der Waals surface area contributed by atoms with Crippen molar-refractivity contribution in [3.05, 3.63) is 53.1 Å². The Kier molecular flexibility index (Phi) is 5.84. The molecule has 0 bridgehead atoms. The summed E-state index contributed by atoms with van der Waals surface area (Å²) in [6.07, 6.45) is 0.741. The van der Waals surface area contributed by atoms with Gasteiger partial charge in [-0.05, 0) is 49.1 Å². The van der Waals surface area contributed by atoms with Gasteiger partial charge in [0, 0.05) is 13.1 Å². The molecule has 2 aromatic carbocycles. The number of para-hydroxylation sites is 1. The highest BCUT2D eigenvalue weighted by Crippen LogP contribution is 2.32. The van der Waals surface area contributed by atoms with E-state index in [9.17, 15) is 4.79 Å². The van der Waals surface area contributed by atoms with Gasteiger partial charge in [-0.2, -0.15) is 0 Å². The fraction of sp³-hybridized carbons (Fsp3) is 0.350. The van der Waals surface area contributed by atoms with Gasteiger partial charge in [0.15, 0.2) is 11.5 Å². The number of carbonyl (C=O) groups is 1. The predicted molar refractivity (Wildman–Crippen MR) is 98.8 cm³/mol. The van der Waals surface area contributed by atoms with E-state index >= 15 is 0 Å². The topological polar surface area (TPSA) is 68.8 Å². The van der Waals surface area contributed by atoms with Gasteiger partial charge in [0.2, 0.25) is 6.79 Å². The molecule has 6 nitrogen and oxygen atoms in total. The molecule has 0 radical (unpaired) electrons. The summed E-state index contributed by atoms with van der Waals surface area (Å²) in [6.45, 7) is 5.86. The third kappa shape index (κ3) is 4.59. The molecule has 2 amide bonds. The molecule has 6 heteroatoms. The molecule has 0 atom stereocenters. The quantitative estimate of drug-likeness (QED) is 0.747. The molecule has 138 valence electrons. The standard InChI is InChI=1S/C20H24N2O4/c1-14-5-3-6-15(2)19(14)24-10-4-9-21-20(23)22-12-16-7-8-17-18(11-16)26-13-25-17/h3,5-8,11H,4,9-10,12-13H2,1-2H3,(H2,21,22,23). The summed E-state index contributed by atoms with van der Waals surface area (Å²) in [5.41, 5.74) is 3.21. The average Bonchev–Trinajstić information content (AvgIpc) is 3.09. The van der Waals surface area contributed by atoms with Crippen LogP contribution in [0.2, 0.25) is 0 Å². The molecule has 0 spiro atoms. The second-order valence-corrected chi connectivity index (χ2v) is 6.22. The first-order valence-corrected chi connectivity index (χ1v) is 8.73. The fourth-order valence-corrected chi connectivity index (χ4v) is 2.77. The van der Waals surface area contributed by atoms with Crippen molar-refractivity contribution in [1.82, 2.24) is 10.6 Å². The van der Waals surface area contributed by atoms with E-state index in [-0.39, 0.29) is 12.8 Å². The molecule has 26 heavy (non-hydrogen) atoms. The molecule has 0 unspecified atom stereocenters. The third-order valence-electron chi connectivity index (χ3n) is 4.15. The summed E-state index contributed by atoms with van der Waals surface area (Å²) in [5, 5.41) is 5.66. The van der Waals surface area contributed by atoms with Gasteiger partial charge in [0.1, 0.15) is 5.75 Å². The van der Waals surface area contributed by atoms with E-state index in [2.05, 4.69) is 10.6 Å². The average molecular weight is 356 g/mol. The van der Waals surface area contributed by atoms with Gasteiger partial charge < -0.3 is 24.8 Å². The number of ether oxygens (including phenoxy) is 3. The number of aryl methyl sites for hydroxylation is 2. The van der Waals surface area contributed by atoms with Crippen LogP contribution in [0.4, 0.5) is 4.79 Å². The Hall–Kier alpha value is -2.89.